The zero-order valence-electron chi connectivity index (χ0n) is 9.74. The minimum atomic E-state index is 0.103. The first-order chi connectivity index (χ1) is 7.86. The summed E-state index contributed by atoms with van der Waals surface area (Å²) >= 11 is 1.72. The molecule has 0 saturated heterocycles. The van der Waals surface area contributed by atoms with Gasteiger partial charge in [-0.2, -0.15) is 0 Å². The minimum Gasteiger partial charge on any atom is -0.394 e. The Labute approximate surface area is 101 Å². The van der Waals surface area contributed by atoms with Crippen LogP contribution in [0.5, 0.6) is 0 Å². The molecule has 4 nitrogen and oxygen atoms in total. The Morgan fingerprint density at radius 1 is 1.50 bits per heavy atom. The van der Waals surface area contributed by atoms with Crippen molar-refractivity contribution in [3.05, 3.63) is 16.1 Å². The second-order valence-corrected chi connectivity index (χ2v) is 4.40. The molecule has 0 saturated carbocycles. The molecule has 1 rings (SSSR count). The smallest absolute Gasteiger partial charge is 0.0926 e. The van der Waals surface area contributed by atoms with E-state index in [2.05, 4.69) is 22.6 Å². The van der Waals surface area contributed by atoms with E-state index in [0.29, 0.717) is 13.2 Å². The summed E-state index contributed by atoms with van der Waals surface area (Å²) in [5, 5.41) is 15.1. The van der Waals surface area contributed by atoms with Gasteiger partial charge in [0, 0.05) is 18.5 Å². The van der Waals surface area contributed by atoms with Crippen LogP contribution in [0.4, 0.5) is 0 Å². The second-order valence-electron chi connectivity index (χ2n) is 3.45. The minimum absolute atomic E-state index is 0.103. The van der Waals surface area contributed by atoms with Crippen LogP contribution in [0, 0.1) is 0 Å². The van der Waals surface area contributed by atoms with Gasteiger partial charge in [0.15, 0.2) is 0 Å². The van der Waals surface area contributed by atoms with Crippen LogP contribution in [-0.4, -0.2) is 36.5 Å². The molecule has 0 aliphatic heterocycles. The molecule has 0 aliphatic rings. The SMILES string of the molecule is CCc1nc(CNCCCOCCO)cs1. The summed E-state index contributed by atoms with van der Waals surface area (Å²) in [6.07, 6.45) is 1.98. The number of hydrogen-bond donors (Lipinski definition) is 2. The van der Waals surface area contributed by atoms with Crippen LogP contribution in [0.3, 0.4) is 0 Å². The van der Waals surface area contributed by atoms with Crippen molar-refractivity contribution in [2.24, 2.45) is 0 Å². The fraction of sp³-hybridized carbons (Fsp3) is 0.727. The van der Waals surface area contributed by atoms with Gasteiger partial charge in [-0.1, -0.05) is 6.92 Å². The number of hydrogen-bond acceptors (Lipinski definition) is 5. The molecule has 0 unspecified atom stereocenters. The first-order valence-corrected chi connectivity index (χ1v) is 6.57. The monoisotopic (exact) mass is 244 g/mol. The van der Waals surface area contributed by atoms with Gasteiger partial charge in [-0.15, -0.1) is 11.3 Å². The lowest BCUT2D eigenvalue weighted by Crippen LogP contribution is -2.17. The van der Waals surface area contributed by atoms with Crippen molar-refractivity contribution in [3.8, 4) is 0 Å². The van der Waals surface area contributed by atoms with E-state index in [1.807, 2.05) is 0 Å². The van der Waals surface area contributed by atoms with Crippen molar-refractivity contribution >= 4 is 11.3 Å². The number of ether oxygens (including phenoxy) is 1. The van der Waals surface area contributed by atoms with Crippen LogP contribution < -0.4 is 5.32 Å². The van der Waals surface area contributed by atoms with Crippen molar-refractivity contribution < 1.29 is 9.84 Å². The molecule has 0 radical (unpaired) electrons. The quantitative estimate of drug-likeness (QED) is 0.641. The molecule has 0 amide bonds. The van der Waals surface area contributed by atoms with E-state index in [1.54, 1.807) is 11.3 Å². The largest absolute Gasteiger partial charge is 0.394 e. The zero-order chi connectivity index (χ0) is 11.6. The first-order valence-electron chi connectivity index (χ1n) is 5.69. The normalized spacial score (nSPS) is 10.9. The number of rotatable bonds is 9. The second kappa shape index (κ2) is 8.64. The van der Waals surface area contributed by atoms with Crippen LogP contribution in [0.25, 0.3) is 0 Å². The Balaban J connectivity index is 1.98. The molecular formula is C11H20N2O2S. The summed E-state index contributed by atoms with van der Waals surface area (Å²) in [7, 11) is 0. The number of nitrogens with zero attached hydrogens (tertiary/aromatic N) is 1. The number of aromatic nitrogens is 1. The molecule has 1 aromatic rings. The Morgan fingerprint density at radius 3 is 3.06 bits per heavy atom. The highest BCUT2D eigenvalue weighted by molar-refractivity contribution is 7.09. The molecule has 0 spiro atoms. The Hall–Kier alpha value is -0.490. The van der Waals surface area contributed by atoms with Gasteiger partial charge in [0.2, 0.25) is 0 Å². The molecule has 0 bridgehead atoms. The van der Waals surface area contributed by atoms with Crippen molar-refractivity contribution in [2.75, 3.05) is 26.4 Å². The molecule has 0 atom stereocenters. The topological polar surface area (TPSA) is 54.4 Å². The maximum absolute atomic E-state index is 8.50. The van der Waals surface area contributed by atoms with E-state index in [-0.39, 0.29) is 6.61 Å². The van der Waals surface area contributed by atoms with Gasteiger partial charge in [0.1, 0.15) is 0 Å². The highest BCUT2D eigenvalue weighted by Gasteiger charge is 1.98. The average Bonchev–Trinajstić information content (AvgIpc) is 2.76. The van der Waals surface area contributed by atoms with Crippen molar-refractivity contribution in [3.63, 3.8) is 0 Å². The van der Waals surface area contributed by atoms with E-state index in [1.165, 1.54) is 5.01 Å². The highest BCUT2D eigenvalue weighted by Crippen LogP contribution is 2.09. The van der Waals surface area contributed by atoms with Crippen LogP contribution in [-0.2, 0) is 17.7 Å². The van der Waals surface area contributed by atoms with E-state index in [9.17, 15) is 0 Å². The highest BCUT2D eigenvalue weighted by atomic mass is 32.1. The number of thiazole rings is 1. The molecule has 92 valence electrons. The Bertz CT molecular complexity index is 279. The van der Waals surface area contributed by atoms with Gasteiger partial charge < -0.3 is 15.2 Å². The molecule has 1 aromatic heterocycles. The van der Waals surface area contributed by atoms with Gasteiger partial charge in [0.05, 0.1) is 23.9 Å². The summed E-state index contributed by atoms with van der Waals surface area (Å²) in [6, 6.07) is 0. The van der Waals surface area contributed by atoms with E-state index >= 15 is 0 Å². The third-order valence-electron chi connectivity index (χ3n) is 2.09. The number of aliphatic hydroxyl groups is 1. The molecular weight excluding hydrogens is 224 g/mol. The van der Waals surface area contributed by atoms with Crippen LogP contribution in [0.2, 0.25) is 0 Å². The average molecular weight is 244 g/mol. The predicted octanol–water partition coefficient (Wildman–Crippen LogP) is 1.19. The fourth-order valence-corrected chi connectivity index (χ4v) is 2.02. The lowest BCUT2D eigenvalue weighted by Gasteiger charge is -2.03. The third-order valence-corrected chi connectivity index (χ3v) is 3.13. The zero-order valence-corrected chi connectivity index (χ0v) is 10.6. The van der Waals surface area contributed by atoms with Crippen molar-refractivity contribution in [1.82, 2.24) is 10.3 Å². The summed E-state index contributed by atoms with van der Waals surface area (Å²) < 4.78 is 5.15. The van der Waals surface area contributed by atoms with E-state index in [0.717, 1.165) is 31.6 Å². The first kappa shape index (κ1) is 13.6. The van der Waals surface area contributed by atoms with Crippen molar-refractivity contribution in [2.45, 2.75) is 26.3 Å². The summed E-state index contributed by atoms with van der Waals surface area (Å²) in [5.74, 6) is 0. The van der Waals surface area contributed by atoms with E-state index < -0.39 is 0 Å². The van der Waals surface area contributed by atoms with Gasteiger partial charge in [-0.25, -0.2) is 4.98 Å². The number of nitrogens with one attached hydrogen (secondary N) is 1. The van der Waals surface area contributed by atoms with Crippen LogP contribution >= 0.6 is 11.3 Å². The summed E-state index contributed by atoms with van der Waals surface area (Å²) in [4.78, 5) is 4.47. The van der Waals surface area contributed by atoms with Gasteiger partial charge >= 0.3 is 0 Å². The standard InChI is InChI=1S/C11H20N2O2S/c1-2-11-13-10(9-16-11)8-12-4-3-6-15-7-5-14/h9,12,14H,2-8H2,1H3. The fourth-order valence-electron chi connectivity index (χ4n) is 1.27. The molecule has 0 aromatic carbocycles. The maximum Gasteiger partial charge on any atom is 0.0926 e. The predicted molar refractivity (Wildman–Crippen MR) is 65.7 cm³/mol. The molecule has 5 heteroatoms. The van der Waals surface area contributed by atoms with Crippen LogP contribution in [0.15, 0.2) is 5.38 Å². The molecule has 1 heterocycles. The van der Waals surface area contributed by atoms with E-state index in [4.69, 9.17) is 9.84 Å². The molecule has 0 aliphatic carbocycles. The summed E-state index contributed by atoms with van der Waals surface area (Å²) in [6.45, 7) is 5.11. The summed E-state index contributed by atoms with van der Waals surface area (Å²) in [5.41, 5.74) is 1.12. The maximum atomic E-state index is 8.50. The van der Waals surface area contributed by atoms with Gasteiger partial charge in [-0.3, -0.25) is 0 Å². The lowest BCUT2D eigenvalue weighted by atomic mass is 10.4. The Morgan fingerprint density at radius 2 is 2.38 bits per heavy atom. The van der Waals surface area contributed by atoms with Gasteiger partial charge in [-0.05, 0) is 19.4 Å². The molecule has 2 N–H and O–H groups in total. The molecule has 0 fully saturated rings. The lowest BCUT2D eigenvalue weighted by molar-refractivity contribution is 0.0907. The van der Waals surface area contributed by atoms with Crippen molar-refractivity contribution in [1.29, 1.82) is 0 Å². The number of aliphatic hydroxyl groups excluding tert-OH is 1. The van der Waals surface area contributed by atoms with Gasteiger partial charge in [0.25, 0.3) is 0 Å². The Kier molecular flexibility index (Phi) is 7.33. The van der Waals surface area contributed by atoms with Crippen LogP contribution in [0.1, 0.15) is 24.0 Å². The number of aryl methyl sites for hydroxylation is 1. The third kappa shape index (κ3) is 5.55. The molecule has 16 heavy (non-hydrogen) atoms.